The molecule has 0 saturated carbocycles. The minimum Gasteiger partial charge on any atom is -0.464 e. The molecule has 0 aliphatic carbocycles. The van der Waals surface area contributed by atoms with E-state index in [1.807, 2.05) is 67.6 Å². The van der Waals surface area contributed by atoms with E-state index in [0.29, 0.717) is 39.1 Å². The highest BCUT2D eigenvalue weighted by Crippen LogP contribution is 2.16. The molecule has 0 radical (unpaired) electrons. The van der Waals surface area contributed by atoms with E-state index in [-0.39, 0.29) is 24.5 Å². The summed E-state index contributed by atoms with van der Waals surface area (Å²) in [5, 5.41) is 0. The van der Waals surface area contributed by atoms with E-state index in [9.17, 15) is 9.59 Å². The normalized spacial score (nSPS) is 15.1. The van der Waals surface area contributed by atoms with Gasteiger partial charge >= 0.3 is 0 Å². The topological polar surface area (TPSA) is 63.0 Å². The molecule has 3 aromatic rings. The lowest BCUT2D eigenvalue weighted by atomic mass is 10.1. The number of benzene rings is 2. The number of carbonyl (C=O) groups is 2. The highest BCUT2D eigenvalue weighted by molar-refractivity contribution is 5.85. The van der Waals surface area contributed by atoms with Crippen molar-refractivity contribution in [3.63, 3.8) is 0 Å². The Balaban J connectivity index is 1.44. The smallest absolute Gasteiger partial charge is 0.242 e. The van der Waals surface area contributed by atoms with Gasteiger partial charge in [-0.05, 0) is 55.9 Å². The molecular weight excluding hydrogens is 452 g/mol. The van der Waals surface area contributed by atoms with Gasteiger partial charge in [0.15, 0.2) is 0 Å². The fraction of sp³-hybridized carbons (Fsp3) is 0.400. The fourth-order valence-corrected chi connectivity index (χ4v) is 4.56. The van der Waals surface area contributed by atoms with Crippen LogP contribution < -0.4 is 0 Å². The molecule has 2 amide bonds. The summed E-state index contributed by atoms with van der Waals surface area (Å²) in [5.41, 5.74) is 2.29. The highest BCUT2D eigenvalue weighted by atomic mass is 16.5. The molecule has 0 N–H and O–H groups in total. The molecule has 4 rings (SSSR count). The first-order valence-corrected chi connectivity index (χ1v) is 12.9. The average Bonchev–Trinajstić information content (AvgIpc) is 3.57. The van der Waals surface area contributed by atoms with Gasteiger partial charge in [-0.2, -0.15) is 0 Å². The molecular formula is C30H36N2O4. The van der Waals surface area contributed by atoms with Crippen molar-refractivity contribution in [3.8, 4) is 0 Å². The van der Waals surface area contributed by atoms with Crippen molar-refractivity contribution in [3.05, 3.63) is 95.4 Å². The van der Waals surface area contributed by atoms with Crippen molar-refractivity contribution < 1.29 is 18.7 Å². The predicted molar refractivity (Wildman–Crippen MR) is 139 cm³/mol. The van der Waals surface area contributed by atoms with Gasteiger partial charge in [0.1, 0.15) is 11.5 Å². The number of ether oxygens (including phenoxy) is 1. The second kappa shape index (κ2) is 13.1. The summed E-state index contributed by atoms with van der Waals surface area (Å²) in [4.78, 5) is 30.4. The third-order valence-corrected chi connectivity index (χ3v) is 6.61. The van der Waals surface area contributed by atoms with Gasteiger partial charge < -0.3 is 19.0 Å². The summed E-state index contributed by atoms with van der Waals surface area (Å²) in [6.07, 6.45) is 3.65. The maximum Gasteiger partial charge on any atom is 0.242 e. The number of furan rings is 1. The Morgan fingerprint density at radius 2 is 1.56 bits per heavy atom. The Kier molecular flexibility index (Phi) is 9.33. The molecule has 1 unspecified atom stereocenters. The highest BCUT2D eigenvalue weighted by Gasteiger charge is 2.26. The molecule has 0 spiro atoms. The summed E-state index contributed by atoms with van der Waals surface area (Å²) in [5.74, 6) is 1.47. The average molecular weight is 489 g/mol. The molecule has 6 nitrogen and oxygen atoms in total. The summed E-state index contributed by atoms with van der Waals surface area (Å²) < 4.78 is 11.6. The SMILES string of the molecule is Cc1ccc(CN(CCc2ccccc2)C(=O)CN(CC2CCCO2)C(=O)CCc2ccccc2)o1. The second-order valence-electron chi connectivity index (χ2n) is 9.46. The molecule has 1 aliphatic heterocycles. The lowest BCUT2D eigenvalue weighted by Crippen LogP contribution is -2.46. The predicted octanol–water partition coefficient (Wildman–Crippen LogP) is 4.80. The zero-order valence-electron chi connectivity index (χ0n) is 21.1. The Morgan fingerprint density at radius 3 is 2.17 bits per heavy atom. The Bertz CT molecular complexity index is 1090. The van der Waals surface area contributed by atoms with Crippen LogP contribution in [0.15, 0.2) is 77.2 Å². The lowest BCUT2D eigenvalue weighted by molar-refractivity contribution is -0.142. The van der Waals surface area contributed by atoms with E-state index >= 15 is 0 Å². The molecule has 190 valence electrons. The number of hydrogen-bond donors (Lipinski definition) is 0. The van der Waals surface area contributed by atoms with Gasteiger partial charge in [0, 0.05) is 26.1 Å². The van der Waals surface area contributed by atoms with Crippen molar-refractivity contribution in [1.29, 1.82) is 0 Å². The second-order valence-corrected chi connectivity index (χ2v) is 9.46. The van der Waals surface area contributed by atoms with Crippen LogP contribution in [-0.2, 0) is 33.7 Å². The summed E-state index contributed by atoms with van der Waals surface area (Å²) in [6.45, 7) is 4.04. The molecule has 36 heavy (non-hydrogen) atoms. The summed E-state index contributed by atoms with van der Waals surface area (Å²) in [7, 11) is 0. The van der Waals surface area contributed by atoms with Gasteiger partial charge in [-0.15, -0.1) is 0 Å². The molecule has 1 aromatic heterocycles. The first kappa shape index (κ1) is 25.7. The van der Waals surface area contributed by atoms with Crippen LogP contribution in [0.25, 0.3) is 0 Å². The standard InChI is InChI=1S/C30H36N2O4/c1-24-14-16-28(36-24)22-31(19-18-26-11-6-3-7-12-26)30(34)23-32(21-27-13-8-20-35-27)29(33)17-15-25-9-4-2-5-10-25/h2-7,9-12,14,16,27H,8,13,15,17-23H2,1H3. The first-order valence-electron chi connectivity index (χ1n) is 12.9. The third kappa shape index (κ3) is 7.82. The van der Waals surface area contributed by atoms with Crippen LogP contribution >= 0.6 is 0 Å². The molecule has 1 aliphatic rings. The number of aryl methyl sites for hydroxylation is 2. The van der Waals surface area contributed by atoms with Gasteiger partial charge in [-0.3, -0.25) is 9.59 Å². The maximum atomic E-state index is 13.6. The van der Waals surface area contributed by atoms with Crippen LogP contribution in [0.3, 0.4) is 0 Å². The molecule has 1 atom stereocenters. The van der Waals surface area contributed by atoms with Gasteiger partial charge in [-0.1, -0.05) is 60.7 Å². The molecule has 1 fully saturated rings. The van der Waals surface area contributed by atoms with Crippen molar-refractivity contribution in [2.75, 3.05) is 26.2 Å². The van der Waals surface area contributed by atoms with Crippen LogP contribution in [0.4, 0.5) is 0 Å². The molecule has 2 aromatic carbocycles. The van der Waals surface area contributed by atoms with Gasteiger partial charge in [0.25, 0.3) is 0 Å². The maximum absolute atomic E-state index is 13.6. The van der Waals surface area contributed by atoms with Crippen LogP contribution in [0.5, 0.6) is 0 Å². The van der Waals surface area contributed by atoms with Gasteiger partial charge in [0.2, 0.25) is 11.8 Å². The number of nitrogens with zero attached hydrogens (tertiary/aromatic N) is 2. The zero-order valence-corrected chi connectivity index (χ0v) is 21.1. The lowest BCUT2D eigenvalue weighted by Gasteiger charge is -2.29. The molecule has 1 saturated heterocycles. The van der Waals surface area contributed by atoms with Gasteiger partial charge in [-0.25, -0.2) is 0 Å². The van der Waals surface area contributed by atoms with Crippen LogP contribution in [0.2, 0.25) is 0 Å². The van der Waals surface area contributed by atoms with Crippen molar-refractivity contribution >= 4 is 11.8 Å². The van der Waals surface area contributed by atoms with Crippen molar-refractivity contribution in [1.82, 2.24) is 9.80 Å². The molecule has 6 heteroatoms. The monoisotopic (exact) mass is 488 g/mol. The zero-order chi connectivity index (χ0) is 25.2. The third-order valence-electron chi connectivity index (χ3n) is 6.61. The van der Waals surface area contributed by atoms with Gasteiger partial charge in [0.05, 0.1) is 19.2 Å². The Labute approximate surface area is 213 Å². The summed E-state index contributed by atoms with van der Waals surface area (Å²) in [6, 6.07) is 23.9. The summed E-state index contributed by atoms with van der Waals surface area (Å²) >= 11 is 0. The van der Waals surface area contributed by atoms with E-state index in [0.717, 1.165) is 36.3 Å². The van der Waals surface area contributed by atoms with Crippen molar-refractivity contribution in [2.45, 2.75) is 51.7 Å². The Hall–Kier alpha value is -3.38. The van der Waals surface area contributed by atoms with E-state index in [1.54, 1.807) is 9.80 Å². The first-order chi connectivity index (χ1) is 17.6. The quantitative estimate of drug-likeness (QED) is 0.367. The largest absolute Gasteiger partial charge is 0.464 e. The molecule has 2 heterocycles. The fourth-order valence-electron chi connectivity index (χ4n) is 4.56. The number of hydrogen-bond acceptors (Lipinski definition) is 4. The van der Waals surface area contributed by atoms with E-state index in [4.69, 9.17) is 9.15 Å². The van der Waals surface area contributed by atoms with Crippen molar-refractivity contribution in [2.24, 2.45) is 0 Å². The number of rotatable bonds is 12. The number of amides is 2. The van der Waals surface area contributed by atoms with E-state index in [2.05, 4.69) is 12.1 Å². The van der Waals surface area contributed by atoms with Crippen LogP contribution in [0.1, 0.15) is 41.9 Å². The minimum atomic E-state index is -0.0777. The Morgan fingerprint density at radius 1 is 0.861 bits per heavy atom. The van der Waals surface area contributed by atoms with Crippen LogP contribution in [-0.4, -0.2) is 54.0 Å². The van der Waals surface area contributed by atoms with E-state index in [1.165, 1.54) is 5.56 Å². The van der Waals surface area contributed by atoms with Crippen LogP contribution in [0, 0.1) is 6.92 Å². The molecule has 0 bridgehead atoms. The minimum absolute atomic E-state index is 0.0102. The van der Waals surface area contributed by atoms with E-state index < -0.39 is 0 Å². The number of carbonyl (C=O) groups excluding carboxylic acids is 2.